The van der Waals surface area contributed by atoms with Crippen molar-refractivity contribution in [2.24, 2.45) is 5.73 Å². The van der Waals surface area contributed by atoms with E-state index in [4.69, 9.17) is 27.1 Å². The second-order valence-electron chi connectivity index (χ2n) is 10.3. The van der Waals surface area contributed by atoms with Gasteiger partial charge in [0.05, 0.1) is 35.9 Å². The monoisotopic (exact) mass is 568 g/mol. The molecule has 0 fully saturated rings. The van der Waals surface area contributed by atoms with Gasteiger partial charge in [-0.25, -0.2) is 9.97 Å². The van der Waals surface area contributed by atoms with Gasteiger partial charge in [-0.3, -0.25) is 14.5 Å². The topological polar surface area (TPSA) is 127 Å². The van der Waals surface area contributed by atoms with E-state index in [0.717, 1.165) is 11.1 Å². The van der Waals surface area contributed by atoms with Crippen LogP contribution in [0.5, 0.6) is 5.88 Å². The lowest BCUT2D eigenvalue weighted by Crippen LogP contribution is -2.31. The zero-order valence-electron chi connectivity index (χ0n) is 23.3. The first-order valence-corrected chi connectivity index (χ1v) is 13.5. The van der Waals surface area contributed by atoms with E-state index >= 15 is 0 Å². The molecule has 2 amide bonds. The van der Waals surface area contributed by atoms with Crippen molar-refractivity contribution in [2.75, 3.05) is 12.0 Å². The lowest BCUT2D eigenvalue weighted by atomic mass is 10.00. The molecule has 2 atom stereocenters. The van der Waals surface area contributed by atoms with E-state index in [0.29, 0.717) is 44.8 Å². The standard InChI is InChI=1S/C31H29ClN6O3/c1-16(2)37-27-25(36-29(37)23-12-21(18(4)28(34)39)15-35-30(23)41-5)31(40)38(24-13-22(32)11-6-17(24)3)26(27)20-9-7-19(14-33)8-10-20/h6-13,15-16,18,26H,1-5H3,(H2,34,39). The lowest BCUT2D eigenvalue weighted by Gasteiger charge is -2.29. The molecular formula is C31H29ClN6O3. The molecule has 0 spiro atoms. The fraction of sp³-hybridized carbons (Fsp3) is 0.258. The van der Waals surface area contributed by atoms with E-state index in [1.54, 1.807) is 48.4 Å². The number of carbonyl (C=O) groups is 2. The molecule has 0 saturated carbocycles. The number of anilines is 1. The van der Waals surface area contributed by atoms with E-state index in [1.807, 2.05) is 43.5 Å². The van der Waals surface area contributed by atoms with E-state index < -0.39 is 17.9 Å². The first-order chi connectivity index (χ1) is 19.6. The number of nitrogens with two attached hydrogens (primary N) is 1. The Morgan fingerprint density at radius 3 is 2.46 bits per heavy atom. The normalized spacial score (nSPS) is 15.1. The maximum absolute atomic E-state index is 14.3. The summed E-state index contributed by atoms with van der Waals surface area (Å²) in [7, 11) is 1.51. The third-order valence-electron chi connectivity index (χ3n) is 7.42. The Morgan fingerprint density at radius 2 is 1.85 bits per heavy atom. The first-order valence-electron chi connectivity index (χ1n) is 13.1. The SMILES string of the molecule is COc1ncc(C(C)C(N)=O)cc1-c1nc2c(n1C(C)C)C(c1ccc(C#N)cc1)N(c1cc(Cl)ccc1C)C2=O. The number of halogens is 1. The van der Waals surface area contributed by atoms with Gasteiger partial charge in [-0.2, -0.15) is 5.26 Å². The van der Waals surface area contributed by atoms with Crippen LogP contribution in [-0.2, 0) is 4.79 Å². The van der Waals surface area contributed by atoms with Gasteiger partial charge in [-0.15, -0.1) is 0 Å². The number of hydrogen-bond donors (Lipinski definition) is 1. The van der Waals surface area contributed by atoms with E-state index in [2.05, 4.69) is 11.1 Å². The number of imidazole rings is 1. The quantitative estimate of drug-likeness (QED) is 0.304. The molecule has 9 nitrogen and oxygen atoms in total. The second kappa shape index (κ2) is 10.7. The molecule has 208 valence electrons. The van der Waals surface area contributed by atoms with Gasteiger partial charge in [0.1, 0.15) is 11.9 Å². The van der Waals surface area contributed by atoms with Gasteiger partial charge in [0.15, 0.2) is 5.69 Å². The molecule has 0 aliphatic carbocycles. The highest BCUT2D eigenvalue weighted by atomic mass is 35.5. The van der Waals surface area contributed by atoms with Crippen molar-refractivity contribution in [3.8, 4) is 23.3 Å². The Balaban J connectivity index is 1.80. The van der Waals surface area contributed by atoms with Crippen molar-refractivity contribution in [1.82, 2.24) is 14.5 Å². The summed E-state index contributed by atoms with van der Waals surface area (Å²) in [5, 5.41) is 9.90. The molecule has 1 aliphatic heterocycles. The van der Waals surface area contributed by atoms with Gasteiger partial charge in [0.25, 0.3) is 5.91 Å². The fourth-order valence-electron chi connectivity index (χ4n) is 5.26. The average molecular weight is 569 g/mol. The summed E-state index contributed by atoms with van der Waals surface area (Å²) < 4.78 is 7.60. The number of carbonyl (C=O) groups excluding carboxylic acids is 2. The lowest BCUT2D eigenvalue weighted by molar-refractivity contribution is -0.119. The van der Waals surface area contributed by atoms with Gasteiger partial charge in [-0.05, 0) is 74.7 Å². The summed E-state index contributed by atoms with van der Waals surface area (Å²) in [6.07, 6.45) is 1.56. The van der Waals surface area contributed by atoms with Crippen molar-refractivity contribution < 1.29 is 14.3 Å². The Hall–Kier alpha value is -4.68. The van der Waals surface area contributed by atoms with Crippen molar-refractivity contribution in [3.05, 3.63) is 93.4 Å². The van der Waals surface area contributed by atoms with Crippen LogP contribution < -0.4 is 15.4 Å². The van der Waals surface area contributed by atoms with Crippen LogP contribution in [0, 0.1) is 18.3 Å². The minimum absolute atomic E-state index is 0.128. The van der Waals surface area contributed by atoms with Crippen LogP contribution in [0.1, 0.15) is 77.2 Å². The first kappa shape index (κ1) is 27.9. The molecule has 1 aliphatic rings. The molecule has 10 heteroatoms. The minimum atomic E-state index is -0.587. The predicted molar refractivity (Wildman–Crippen MR) is 156 cm³/mol. The number of primary amides is 1. The highest BCUT2D eigenvalue weighted by Gasteiger charge is 2.45. The summed E-state index contributed by atoms with van der Waals surface area (Å²) in [6.45, 7) is 7.65. The number of aromatic nitrogens is 3. The Kier molecular flexibility index (Phi) is 7.28. The zero-order chi connectivity index (χ0) is 29.6. The van der Waals surface area contributed by atoms with E-state index in [1.165, 1.54) is 7.11 Å². The molecule has 2 N–H and O–H groups in total. The highest BCUT2D eigenvalue weighted by Crippen LogP contribution is 2.46. The smallest absolute Gasteiger partial charge is 0.279 e. The third kappa shape index (κ3) is 4.70. The number of ether oxygens (including phenoxy) is 1. The molecule has 4 aromatic rings. The maximum Gasteiger partial charge on any atom is 0.279 e. The number of fused-ring (bicyclic) bond motifs is 1. The number of nitrogens with zero attached hydrogens (tertiary/aromatic N) is 5. The van der Waals surface area contributed by atoms with Gasteiger partial charge in [-0.1, -0.05) is 29.8 Å². The third-order valence-corrected chi connectivity index (χ3v) is 7.66. The van der Waals surface area contributed by atoms with Crippen LogP contribution in [0.15, 0.2) is 54.7 Å². The summed E-state index contributed by atoms with van der Waals surface area (Å²) >= 11 is 6.40. The molecule has 0 saturated heterocycles. The predicted octanol–water partition coefficient (Wildman–Crippen LogP) is 5.71. The number of hydrogen-bond acceptors (Lipinski definition) is 6. The molecule has 2 aromatic heterocycles. The fourth-order valence-corrected chi connectivity index (χ4v) is 5.43. The van der Waals surface area contributed by atoms with E-state index in [9.17, 15) is 14.9 Å². The second-order valence-corrected chi connectivity index (χ2v) is 10.8. The number of aryl methyl sites for hydroxylation is 1. The molecule has 2 aromatic carbocycles. The van der Waals surface area contributed by atoms with Gasteiger partial charge >= 0.3 is 0 Å². The maximum atomic E-state index is 14.3. The molecule has 2 unspecified atom stereocenters. The summed E-state index contributed by atoms with van der Waals surface area (Å²) in [5.74, 6) is -0.561. The average Bonchev–Trinajstić information content (AvgIpc) is 3.48. The molecular weight excluding hydrogens is 540 g/mol. The van der Waals surface area contributed by atoms with Crippen LogP contribution >= 0.6 is 11.6 Å². The van der Waals surface area contributed by atoms with Crippen LogP contribution in [0.25, 0.3) is 11.4 Å². The van der Waals surface area contributed by atoms with Crippen molar-refractivity contribution >= 4 is 29.1 Å². The van der Waals surface area contributed by atoms with Crippen LogP contribution in [0.3, 0.4) is 0 Å². The minimum Gasteiger partial charge on any atom is -0.480 e. The zero-order valence-corrected chi connectivity index (χ0v) is 24.1. The Bertz CT molecular complexity index is 1720. The summed E-state index contributed by atoms with van der Waals surface area (Å²) in [6, 6.07) is 15.9. The highest BCUT2D eigenvalue weighted by molar-refractivity contribution is 6.31. The number of methoxy groups -OCH3 is 1. The van der Waals surface area contributed by atoms with Crippen molar-refractivity contribution in [1.29, 1.82) is 5.26 Å². The van der Waals surface area contributed by atoms with Gasteiger partial charge < -0.3 is 15.0 Å². The number of rotatable bonds is 7. The summed E-state index contributed by atoms with van der Waals surface area (Å²) in [5.41, 5.74) is 10.6. The van der Waals surface area contributed by atoms with Crippen molar-refractivity contribution in [2.45, 2.75) is 45.7 Å². The largest absolute Gasteiger partial charge is 0.480 e. The Labute approximate surface area is 243 Å². The number of pyridine rings is 1. The molecule has 3 heterocycles. The molecule has 0 radical (unpaired) electrons. The number of amides is 2. The molecule has 5 rings (SSSR count). The summed E-state index contributed by atoms with van der Waals surface area (Å²) in [4.78, 5) is 37.3. The molecule has 41 heavy (non-hydrogen) atoms. The van der Waals surface area contributed by atoms with E-state index in [-0.39, 0.29) is 17.6 Å². The molecule has 0 bridgehead atoms. The van der Waals surface area contributed by atoms with Crippen LogP contribution in [-0.4, -0.2) is 33.5 Å². The number of benzene rings is 2. The number of nitriles is 1. The van der Waals surface area contributed by atoms with Crippen molar-refractivity contribution in [3.63, 3.8) is 0 Å². The van der Waals surface area contributed by atoms with Gasteiger partial charge in [0, 0.05) is 22.9 Å². The van der Waals surface area contributed by atoms with Crippen LogP contribution in [0.2, 0.25) is 5.02 Å². The Morgan fingerprint density at radius 1 is 1.15 bits per heavy atom. The van der Waals surface area contributed by atoms with Gasteiger partial charge in [0.2, 0.25) is 11.8 Å². The van der Waals surface area contributed by atoms with Crippen LogP contribution in [0.4, 0.5) is 5.69 Å².